The molecular weight excluding hydrogens is 318 g/mol. The Labute approximate surface area is 136 Å². The lowest BCUT2D eigenvalue weighted by molar-refractivity contribution is 0.0745. The van der Waals surface area contributed by atoms with E-state index in [9.17, 15) is 18.4 Å². The monoisotopic (exact) mass is 334 g/mol. The average Bonchev–Trinajstić information content (AvgIpc) is 2.52. The highest BCUT2D eigenvalue weighted by Gasteiger charge is 2.24. The molecule has 24 heavy (non-hydrogen) atoms. The van der Waals surface area contributed by atoms with Crippen molar-refractivity contribution in [2.75, 3.05) is 31.1 Å². The molecule has 2 aromatic rings. The fraction of sp³-hybridized carbons (Fsp3) is 0.312. The summed E-state index contributed by atoms with van der Waals surface area (Å²) < 4.78 is 26.5. The molecular formula is C16H16F2N4O2. The van der Waals surface area contributed by atoms with Crippen LogP contribution in [0.4, 0.5) is 14.7 Å². The summed E-state index contributed by atoms with van der Waals surface area (Å²) in [5.74, 6) is -1.51. The number of carbonyl (C=O) groups excluding carboxylic acids is 1. The van der Waals surface area contributed by atoms with E-state index in [0.717, 1.165) is 18.2 Å². The number of aryl methyl sites for hydroxylation is 1. The number of amides is 1. The largest absolute Gasteiger partial charge is 0.339 e. The first-order valence-corrected chi connectivity index (χ1v) is 7.50. The molecule has 0 aliphatic carbocycles. The van der Waals surface area contributed by atoms with Gasteiger partial charge in [0.1, 0.15) is 11.6 Å². The van der Waals surface area contributed by atoms with E-state index in [1.807, 2.05) is 4.90 Å². The van der Waals surface area contributed by atoms with E-state index >= 15 is 0 Å². The summed E-state index contributed by atoms with van der Waals surface area (Å²) in [7, 11) is 0. The van der Waals surface area contributed by atoms with Crippen LogP contribution in [-0.4, -0.2) is 47.0 Å². The normalized spacial score (nSPS) is 14.8. The van der Waals surface area contributed by atoms with E-state index in [4.69, 9.17) is 0 Å². The fourth-order valence-corrected chi connectivity index (χ4v) is 2.69. The van der Waals surface area contributed by atoms with Crippen molar-refractivity contribution >= 4 is 11.9 Å². The molecule has 0 atom stereocenters. The van der Waals surface area contributed by atoms with E-state index < -0.39 is 17.5 Å². The zero-order valence-electron chi connectivity index (χ0n) is 13.1. The van der Waals surface area contributed by atoms with Gasteiger partial charge >= 0.3 is 0 Å². The van der Waals surface area contributed by atoms with Gasteiger partial charge in [-0.05, 0) is 19.1 Å². The third-order valence-corrected chi connectivity index (χ3v) is 3.83. The molecule has 1 saturated heterocycles. The molecule has 1 amide bonds. The number of hydrogen-bond donors (Lipinski definition) is 1. The maximum absolute atomic E-state index is 13.3. The van der Waals surface area contributed by atoms with Crippen LogP contribution >= 0.6 is 0 Å². The molecule has 1 N–H and O–H groups in total. The molecule has 1 aromatic carbocycles. The number of rotatable bonds is 2. The highest BCUT2D eigenvalue weighted by Crippen LogP contribution is 2.14. The second kappa shape index (κ2) is 6.38. The lowest BCUT2D eigenvalue weighted by Gasteiger charge is -2.35. The summed E-state index contributed by atoms with van der Waals surface area (Å²) >= 11 is 0. The van der Waals surface area contributed by atoms with E-state index in [1.54, 1.807) is 6.92 Å². The molecule has 1 fully saturated rings. The SMILES string of the molecule is Cc1cc(=O)[nH]c(N2CCN(C(=O)c3cc(F)cc(F)c3)CC2)n1. The van der Waals surface area contributed by atoms with E-state index in [-0.39, 0.29) is 11.1 Å². The van der Waals surface area contributed by atoms with Gasteiger partial charge in [0.15, 0.2) is 0 Å². The third-order valence-electron chi connectivity index (χ3n) is 3.83. The number of halogens is 2. The van der Waals surface area contributed by atoms with Crippen LogP contribution in [0.3, 0.4) is 0 Å². The Hall–Kier alpha value is -2.77. The van der Waals surface area contributed by atoms with Crippen LogP contribution in [0.1, 0.15) is 16.1 Å². The fourth-order valence-electron chi connectivity index (χ4n) is 2.69. The lowest BCUT2D eigenvalue weighted by atomic mass is 10.1. The van der Waals surface area contributed by atoms with Crippen molar-refractivity contribution in [3.05, 3.63) is 57.5 Å². The predicted molar refractivity (Wildman–Crippen MR) is 84.1 cm³/mol. The highest BCUT2D eigenvalue weighted by molar-refractivity contribution is 5.94. The summed E-state index contributed by atoms with van der Waals surface area (Å²) in [4.78, 5) is 34.2. The van der Waals surface area contributed by atoms with Crippen LogP contribution in [-0.2, 0) is 0 Å². The Morgan fingerprint density at radius 2 is 1.71 bits per heavy atom. The molecule has 0 saturated carbocycles. The third kappa shape index (κ3) is 3.42. The minimum Gasteiger partial charge on any atom is -0.339 e. The van der Waals surface area contributed by atoms with E-state index in [2.05, 4.69) is 9.97 Å². The Kier molecular flexibility index (Phi) is 4.28. The predicted octanol–water partition coefficient (Wildman–Crippen LogP) is 1.32. The van der Waals surface area contributed by atoms with Crippen LogP contribution in [0, 0.1) is 18.6 Å². The standard InChI is InChI=1S/C16H16F2N4O2/c1-10-6-14(23)20-16(19-10)22-4-2-21(3-5-22)15(24)11-7-12(17)9-13(18)8-11/h6-9H,2-5H2,1H3,(H,19,20,23). The van der Waals surface area contributed by atoms with Gasteiger partial charge in [0.05, 0.1) is 0 Å². The first-order chi connectivity index (χ1) is 11.4. The van der Waals surface area contributed by atoms with Crippen molar-refractivity contribution in [3.63, 3.8) is 0 Å². The van der Waals surface area contributed by atoms with Gasteiger partial charge in [0.2, 0.25) is 5.95 Å². The molecule has 0 unspecified atom stereocenters. The van der Waals surface area contributed by atoms with Gasteiger partial charge < -0.3 is 9.80 Å². The molecule has 8 heteroatoms. The number of anilines is 1. The van der Waals surface area contributed by atoms with Crippen LogP contribution in [0.15, 0.2) is 29.1 Å². The van der Waals surface area contributed by atoms with Crippen molar-refractivity contribution in [1.82, 2.24) is 14.9 Å². The van der Waals surface area contributed by atoms with Crippen LogP contribution < -0.4 is 10.5 Å². The van der Waals surface area contributed by atoms with Gasteiger partial charge in [0, 0.05) is 49.6 Å². The number of nitrogens with one attached hydrogen (secondary N) is 1. The van der Waals surface area contributed by atoms with Crippen LogP contribution in [0.5, 0.6) is 0 Å². The van der Waals surface area contributed by atoms with E-state index in [0.29, 0.717) is 37.8 Å². The molecule has 1 aromatic heterocycles. The Balaban J connectivity index is 1.70. The van der Waals surface area contributed by atoms with Crippen molar-refractivity contribution in [3.8, 4) is 0 Å². The molecule has 6 nitrogen and oxygen atoms in total. The minimum atomic E-state index is -0.779. The molecule has 3 rings (SSSR count). The lowest BCUT2D eigenvalue weighted by Crippen LogP contribution is -2.49. The molecule has 1 aliphatic rings. The van der Waals surface area contributed by atoms with Crippen molar-refractivity contribution < 1.29 is 13.6 Å². The average molecular weight is 334 g/mol. The number of hydrogen-bond acceptors (Lipinski definition) is 4. The second-order valence-electron chi connectivity index (χ2n) is 5.65. The van der Waals surface area contributed by atoms with Crippen molar-refractivity contribution in [2.24, 2.45) is 0 Å². The smallest absolute Gasteiger partial charge is 0.254 e. The minimum absolute atomic E-state index is 0.0111. The van der Waals surface area contributed by atoms with Crippen LogP contribution in [0.25, 0.3) is 0 Å². The Morgan fingerprint density at radius 3 is 2.29 bits per heavy atom. The summed E-state index contributed by atoms with van der Waals surface area (Å²) in [6, 6.07) is 4.19. The van der Waals surface area contributed by atoms with Crippen molar-refractivity contribution in [2.45, 2.75) is 6.92 Å². The van der Waals surface area contributed by atoms with Gasteiger partial charge in [-0.2, -0.15) is 0 Å². The van der Waals surface area contributed by atoms with Gasteiger partial charge in [-0.1, -0.05) is 0 Å². The Bertz CT molecular complexity index is 809. The molecule has 0 bridgehead atoms. The second-order valence-corrected chi connectivity index (χ2v) is 5.65. The molecule has 126 valence electrons. The summed E-state index contributed by atoms with van der Waals surface area (Å²) in [5, 5.41) is 0. The molecule has 0 radical (unpaired) electrons. The number of H-pyrrole nitrogens is 1. The topological polar surface area (TPSA) is 69.3 Å². The molecule has 2 heterocycles. The number of benzene rings is 1. The number of aromatic nitrogens is 2. The summed E-state index contributed by atoms with van der Waals surface area (Å²) in [6.45, 7) is 3.41. The number of nitrogens with zero attached hydrogens (tertiary/aromatic N) is 3. The zero-order chi connectivity index (χ0) is 17.3. The number of piperazine rings is 1. The molecule has 0 spiro atoms. The quantitative estimate of drug-likeness (QED) is 0.899. The first-order valence-electron chi connectivity index (χ1n) is 7.50. The maximum Gasteiger partial charge on any atom is 0.254 e. The first kappa shape index (κ1) is 16.1. The Morgan fingerprint density at radius 1 is 1.08 bits per heavy atom. The van der Waals surface area contributed by atoms with Gasteiger partial charge in [-0.3, -0.25) is 14.6 Å². The van der Waals surface area contributed by atoms with Gasteiger partial charge in [-0.15, -0.1) is 0 Å². The van der Waals surface area contributed by atoms with Crippen molar-refractivity contribution in [1.29, 1.82) is 0 Å². The summed E-state index contributed by atoms with van der Waals surface area (Å²) in [5.41, 5.74) is 0.372. The maximum atomic E-state index is 13.3. The van der Waals surface area contributed by atoms with Gasteiger partial charge in [0.25, 0.3) is 11.5 Å². The zero-order valence-corrected chi connectivity index (χ0v) is 13.1. The molecule has 1 aliphatic heterocycles. The van der Waals surface area contributed by atoms with Gasteiger partial charge in [-0.25, -0.2) is 13.8 Å². The number of aromatic amines is 1. The van der Waals surface area contributed by atoms with E-state index in [1.165, 1.54) is 11.0 Å². The number of carbonyl (C=O) groups is 1. The highest BCUT2D eigenvalue weighted by atomic mass is 19.1. The summed E-state index contributed by atoms with van der Waals surface area (Å²) in [6.07, 6.45) is 0. The van der Waals surface area contributed by atoms with Crippen LogP contribution in [0.2, 0.25) is 0 Å².